The normalized spacial score (nSPS) is 11.7. The minimum Gasteiger partial charge on any atom is -0.478 e. The Morgan fingerprint density at radius 2 is 1.67 bits per heavy atom. The second-order valence-electron chi connectivity index (χ2n) is 5.06. The van der Waals surface area contributed by atoms with Crippen LogP contribution in [0.4, 0.5) is 13.2 Å². The molecule has 2 rings (SSSR count). The number of carbonyl (C=O) groups excluding carboxylic acids is 1. The summed E-state index contributed by atoms with van der Waals surface area (Å²) in [4.78, 5) is 23.2. The summed E-state index contributed by atoms with van der Waals surface area (Å²) in [6.07, 6.45) is 0. The van der Waals surface area contributed by atoms with Gasteiger partial charge in [-0.3, -0.25) is 0 Å². The van der Waals surface area contributed by atoms with E-state index in [1.807, 2.05) is 0 Å². The molecule has 144 valence electrons. The molecule has 0 bridgehead atoms. The first-order valence-electron chi connectivity index (χ1n) is 7.10. The van der Waals surface area contributed by atoms with E-state index < -0.39 is 44.4 Å². The summed E-state index contributed by atoms with van der Waals surface area (Å²) in [6.45, 7) is -0.275. The summed E-state index contributed by atoms with van der Waals surface area (Å²) < 4.78 is 68.7. The lowest BCUT2D eigenvalue weighted by molar-refractivity contribution is -0.0500. The van der Waals surface area contributed by atoms with Crippen LogP contribution < -0.4 is 4.18 Å². The average Bonchev–Trinajstić information content (AvgIpc) is 2.59. The van der Waals surface area contributed by atoms with Crippen LogP contribution in [0.2, 0.25) is 0 Å². The third-order valence-electron chi connectivity index (χ3n) is 3.14. The molecule has 0 amide bonds. The number of esters is 1. The predicted molar refractivity (Wildman–Crippen MR) is 84.6 cm³/mol. The van der Waals surface area contributed by atoms with Crippen molar-refractivity contribution < 1.29 is 45.2 Å². The summed E-state index contributed by atoms with van der Waals surface area (Å²) in [6, 6.07) is 10.3. The van der Waals surface area contributed by atoms with Gasteiger partial charge in [-0.05, 0) is 23.8 Å². The predicted octanol–water partition coefficient (Wildman–Crippen LogP) is 2.97. The highest BCUT2D eigenvalue weighted by molar-refractivity contribution is 7.88. The Balaban J connectivity index is 2.35. The molecular weight excluding hydrogens is 393 g/mol. The van der Waals surface area contributed by atoms with Gasteiger partial charge in [0.25, 0.3) is 0 Å². The molecule has 0 atom stereocenters. The van der Waals surface area contributed by atoms with E-state index in [0.717, 1.165) is 6.07 Å². The Bertz CT molecular complexity index is 954. The maximum atomic E-state index is 12.5. The number of rotatable bonds is 6. The summed E-state index contributed by atoms with van der Waals surface area (Å²) in [5.41, 5.74) is -6.44. The van der Waals surface area contributed by atoms with E-state index >= 15 is 0 Å². The number of alkyl halides is 3. The van der Waals surface area contributed by atoms with Crippen molar-refractivity contribution in [3.05, 3.63) is 65.2 Å². The van der Waals surface area contributed by atoms with Crippen LogP contribution in [0.5, 0.6) is 5.75 Å². The standard InChI is InChI=1S/C16H11F3O7S/c17-16(18,19)27(23,24)26-13-7-6-11(14(20)21)8-12(13)15(22)25-9-10-4-2-1-3-5-10/h1-8H,9H2,(H,20,21). The first-order valence-corrected chi connectivity index (χ1v) is 8.51. The number of hydrogen-bond acceptors (Lipinski definition) is 6. The van der Waals surface area contributed by atoms with E-state index in [-0.39, 0.29) is 6.61 Å². The lowest BCUT2D eigenvalue weighted by Crippen LogP contribution is -2.28. The van der Waals surface area contributed by atoms with Crippen LogP contribution in [-0.2, 0) is 21.5 Å². The Hall–Kier alpha value is -3.08. The highest BCUT2D eigenvalue weighted by Crippen LogP contribution is 2.30. The van der Waals surface area contributed by atoms with Crippen LogP contribution in [0.1, 0.15) is 26.3 Å². The topological polar surface area (TPSA) is 107 Å². The lowest BCUT2D eigenvalue weighted by Gasteiger charge is -2.13. The number of benzene rings is 2. The first kappa shape index (κ1) is 20.2. The van der Waals surface area contributed by atoms with Crippen LogP contribution in [0.3, 0.4) is 0 Å². The number of aromatic carboxylic acids is 1. The average molecular weight is 404 g/mol. The van der Waals surface area contributed by atoms with Gasteiger partial charge in [-0.2, -0.15) is 21.6 Å². The van der Waals surface area contributed by atoms with Crippen molar-refractivity contribution in [2.24, 2.45) is 0 Å². The molecular formula is C16H11F3O7S. The highest BCUT2D eigenvalue weighted by atomic mass is 32.2. The zero-order valence-electron chi connectivity index (χ0n) is 13.3. The van der Waals surface area contributed by atoms with E-state index in [2.05, 4.69) is 4.18 Å². The van der Waals surface area contributed by atoms with Crippen molar-refractivity contribution in [3.8, 4) is 5.75 Å². The second kappa shape index (κ2) is 7.66. The molecule has 0 spiro atoms. The van der Waals surface area contributed by atoms with Crippen LogP contribution in [0.25, 0.3) is 0 Å². The number of hydrogen-bond donors (Lipinski definition) is 1. The number of halogens is 3. The fourth-order valence-corrected chi connectivity index (χ4v) is 2.34. The molecule has 1 N–H and O–H groups in total. The van der Waals surface area contributed by atoms with Crippen molar-refractivity contribution >= 4 is 22.1 Å². The Labute approximate surface area is 151 Å². The fourth-order valence-electron chi connectivity index (χ4n) is 1.86. The third kappa shape index (κ3) is 4.97. The summed E-state index contributed by atoms with van der Waals surface area (Å²) >= 11 is 0. The van der Waals surface area contributed by atoms with Crippen molar-refractivity contribution in [1.82, 2.24) is 0 Å². The van der Waals surface area contributed by atoms with Crippen LogP contribution in [0, 0.1) is 0 Å². The minimum absolute atomic E-state index is 0.275. The van der Waals surface area contributed by atoms with E-state index in [9.17, 15) is 31.2 Å². The Morgan fingerprint density at radius 3 is 2.22 bits per heavy atom. The molecule has 0 heterocycles. The molecule has 0 fully saturated rings. The molecule has 11 heteroatoms. The van der Waals surface area contributed by atoms with Gasteiger partial charge >= 0.3 is 27.6 Å². The molecule has 27 heavy (non-hydrogen) atoms. The maximum absolute atomic E-state index is 12.5. The van der Waals surface area contributed by atoms with Gasteiger partial charge in [-0.15, -0.1) is 0 Å². The van der Waals surface area contributed by atoms with E-state index in [0.29, 0.717) is 17.7 Å². The zero-order valence-corrected chi connectivity index (χ0v) is 14.1. The molecule has 0 radical (unpaired) electrons. The number of ether oxygens (including phenoxy) is 1. The van der Waals surface area contributed by atoms with Crippen LogP contribution in [0.15, 0.2) is 48.5 Å². The van der Waals surface area contributed by atoms with Gasteiger partial charge in [0, 0.05) is 0 Å². The van der Waals surface area contributed by atoms with Gasteiger partial charge in [-0.25, -0.2) is 9.59 Å². The van der Waals surface area contributed by atoms with Gasteiger partial charge < -0.3 is 14.0 Å². The Morgan fingerprint density at radius 1 is 1.04 bits per heavy atom. The molecule has 0 unspecified atom stereocenters. The molecule has 2 aromatic carbocycles. The zero-order chi connectivity index (χ0) is 20.2. The largest absolute Gasteiger partial charge is 0.534 e. The second-order valence-corrected chi connectivity index (χ2v) is 6.60. The molecule has 0 saturated carbocycles. The van der Waals surface area contributed by atoms with Gasteiger partial charge in [-0.1, -0.05) is 30.3 Å². The van der Waals surface area contributed by atoms with Gasteiger partial charge in [0.05, 0.1) is 5.56 Å². The van der Waals surface area contributed by atoms with Crippen molar-refractivity contribution in [2.45, 2.75) is 12.1 Å². The molecule has 2 aromatic rings. The van der Waals surface area contributed by atoms with E-state index in [1.54, 1.807) is 30.3 Å². The minimum atomic E-state index is -6.06. The molecule has 7 nitrogen and oxygen atoms in total. The number of carboxylic acids is 1. The van der Waals surface area contributed by atoms with Crippen molar-refractivity contribution in [2.75, 3.05) is 0 Å². The van der Waals surface area contributed by atoms with E-state index in [1.165, 1.54) is 0 Å². The highest BCUT2D eigenvalue weighted by Gasteiger charge is 2.49. The molecule has 0 aliphatic heterocycles. The van der Waals surface area contributed by atoms with Gasteiger partial charge in [0.15, 0.2) is 5.75 Å². The van der Waals surface area contributed by atoms with Gasteiger partial charge in [0.1, 0.15) is 12.2 Å². The van der Waals surface area contributed by atoms with Crippen LogP contribution >= 0.6 is 0 Å². The summed E-state index contributed by atoms with van der Waals surface area (Å²) in [7, 11) is -6.06. The quantitative estimate of drug-likeness (QED) is 0.448. The summed E-state index contributed by atoms with van der Waals surface area (Å²) in [5.74, 6) is -3.75. The van der Waals surface area contributed by atoms with Crippen LogP contribution in [-0.4, -0.2) is 31.0 Å². The third-order valence-corrected chi connectivity index (χ3v) is 4.11. The molecule has 0 aromatic heterocycles. The van der Waals surface area contributed by atoms with Crippen molar-refractivity contribution in [1.29, 1.82) is 0 Å². The fraction of sp³-hybridized carbons (Fsp3) is 0.125. The number of carboxylic acid groups (broad SMARTS) is 1. The summed E-state index contributed by atoms with van der Waals surface area (Å²) in [5, 5.41) is 8.96. The maximum Gasteiger partial charge on any atom is 0.534 e. The molecule has 0 aliphatic carbocycles. The smallest absolute Gasteiger partial charge is 0.478 e. The molecule has 0 saturated heterocycles. The number of carbonyl (C=O) groups is 2. The monoisotopic (exact) mass is 404 g/mol. The van der Waals surface area contributed by atoms with E-state index in [4.69, 9.17) is 9.84 Å². The SMILES string of the molecule is O=C(O)c1ccc(OS(=O)(=O)C(F)(F)F)c(C(=O)OCc2ccccc2)c1. The van der Waals surface area contributed by atoms with Crippen molar-refractivity contribution in [3.63, 3.8) is 0 Å². The van der Waals surface area contributed by atoms with Gasteiger partial charge in [0.2, 0.25) is 0 Å². The Kier molecular flexibility index (Phi) is 5.74. The first-order chi connectivity index (χ1) is 12.5. The lowest BCUT2D eigenvalue weighted by atomic mass is 10.1. The molecule has 0 aliphatic rings.